The molecule has 0 aliphatic carbocycles. The highest BCUT2D eigenvalue weighted by atomic mass is 19.1. The molecule has 2 saturated heterocycles. The fourth-order valence-corrected chi connectivity index (χ4v) is 3.44. The van der Waals surface area contributed by atoms with Gasteiger partial charge < -0.3 is 19.9 Å². The third kappa shape index (κ3) is 4.33. The number of carbonyl (C=O) groups excluding carboxylic acids is 1. The fraction of sp³-hybridized carbons (Fsp3) is 0.579. The van der Waals surface area contributed by atoms with E-state index in [1.165, 1.54) is 6.07 Å². The first kappa shape index (κ1) is 18.6. The summed E-state index contributed by atoms with van der Waals surface area (Å²) in [4.78, 5) is 20.8. The maximum absolute atomic E-state index is 13.4. The quantitative estimate of drug-likeness (QED) is 0.655. The number of carbonyl (C=O) groups is 1. The van der Waals surface area contributed by atoms with Crippen LogP contribution in [0, 0.1) is 12.7 Å². The molecule has 26 heavy (non-hydrogen) atoms. The van der Waals surface area contributed by atoms with Gasteiger partial charge in [0.1, 0.15) is 11.9 Å². The number of piperazine rings is 1. The van der Waals surface area contributed by atoms with E-state index in [9.17, 15) is 9.18 Å². The van der Waals surface area contributed by atoms with Crippen LogP contribution in [0.5, 0.6) is 0 Å². The minimum absolute atomic E-state index is 0.117. The molecule has 7 heteroatoms. The molecule has 0 aromatic heterocycles. The van der Waals surface area contributed by atoms with Gasteiger partial charge in [-0.1, -0.05) is 12.1 Å². The van der Waals surface area contributed by atoms with Crippen molar-refractivity contribution in [2.45, 2.75) is 32.4 Å². The van der Waals surface area contributed by atoms with Crippen LogP contribution >= 0.6 is 0 Å². The molecule has 1 unspecified atom stereocenters. The summed E-state index contributed by atoms with van der Waals surface area (Å²) in [5.41, 5.74) is 1.65. The third-order valence-corrected chi connectivity index (χ3v) is 4.98. The van der Waals surface area contributed by atoms with E-state index in [1.54, 1.807) is 20.0 Å². The van der Waals surface area contributed by atoms with E-state index in [2.05, 4.69) is 15.2 Å². The number of nitrogens with one attached hydrogen (secondary N) is 1. The predicted octanol–water partition coefficient (Wildman–Crippen LogP) is 1.53. The molecular weight excluding hydrogens is 335 g/mol. The number of aryl methyl sites for hydroxylation is 1. The first-order valence-electron chi connectivity index (χ1n) is 9.19. The van der Waals surface area contributed by atoms with Crippen LogP contribution in [0.2, 0.25) is 0 Å². The van der Waals surface area contributed by atoms with Crippen molar-refractivity contribution in [2.24, 2.45) is 4.99 Å². The molecule has 2 aliphatic heterocycles. The first-order valence-corrected chi connectivity index (χ1v) is 9.19. The fourth-order valence-electron chi connectivity index (χ4n) is 3.44. The number of rotatable bonds is 3. The summed E-state index contributed by atoms with van der Waals surface area (Å²) in [6, 6.07) is 5.11. The van der Waals surface area contributed by atoms with Gasteiger partial charge >= 0.3 is 0 Å². The molecular formula is C19H27FN4O2. The van der Waals surface area contributed by atoms with E-state index in [0.717, 1.165) is 37.5 Å². The van der Waals surface area contributed by atoms with Gasteiger partial charge in [-0.3, -0.25) is 9.79 Å². The molecule has 142 valence electrons. The van der Waals surface area contributed by atoms with Crippen LogP contribution in [0.25, 0.3) is 0 Å². The van der Waals surface area contributed by atoms with Gasteiger partial charge in [0.05, 0.1) is 0 Å². The topological polar surface area (TPSA) is 57.2 Å². The largest absolute Gasteiger partial charge is 0.368 e. The molecule has 3 rings (SSSR count). The van der Waals surface area contributed by atoms with E-state index >= 15 is 0 Å². The molecule has 0 bridgehead atoms. The number of benzene rings is 1. The van der Waals surface area contributed by atoms with Crippen LogP contribution in [-0.2, 0) is 16.1 Å². The van der Waals surface area contributed by atoms with Gasteiger partial charge in [-0.15, -0.1) is 0 Å². The summed E-state index contributed by atoms with van der Waals surface area (Å²) in [6.07, 6.45) is 1.55. The predicted molar refractivity (Wildman–Crippen MR) is 98.5 cm³/mol. The zero-order valence-corrected chi connectivity index (χ0v) is 15.5. The standard InChI is InChI=1S/C19H27FN4O2/c1-14-12-15(5-6-16(14)20)13-22-19(21-2)24-9-7-23(8-10-24)18(25)17-4-3-11-26-17/h5-6,12,17H,3-4,7-11,13H2,1-2H3,(H,21,22). The van der Waals surface area contributed by atoms with Crippen molar-refractivity contribution in [3.05, 3.63) is 35.1 Å². The highest BCUT2D eigenvalue weighted by Gasteiger charge is 2.30. The molecule has 0 radical (unpaired) electrons. The third-order valence-electron chi connectivity index (χ3n) is 4.98. The lowest BCUT2D eigenvalue weighted by atomic mass is 10.1. The summed E-state index contributed by atoms with van der Waals surface area (Å²) >= 11 is 0. The molecule has 1 N–H and O–H groups in total. The zero-order valence-electron chi connectivity index (χ0n) is 15.5. The minimum atomic E-state index is -0.249. The Kier molecular flexibility index (Phi) is 6.08. The SMILES string of the molecule is CN=C(NCc1ccc(F)c(C)c1)N1CCN(C(=O)C2CCCO2)CC1. The van der Waals surface area contributed by atoms with Gasteiger partial charge in [0.15, 0.2) is 5.96 Å². The van der Waals surface area contributed by atoms with Gasteiger partial charge in [-0.25, -0.2) is 4.39 Å². The Morgan fingerprint density at radius 3 is 2.65 bits per heavy atom. The number of aliphatic imine (C=N–C) groups is 1. The van der Waals surface area contributed by atoms with E-state index in [1.807, 2.05) is 11.0 Å². The summed E-state index contributed by atoms with van der Waals surface area (Å²) in [7, 11) is 1.75. The van der Waals surface area contributed by atoms with Gasteiger partial charge in [0, 0.05) is 46.4 Å². The van der Waals surface area contributed by atoms with Crippen molar-refractivity contribution in [1.29, 1.82) is 0 Å². The van der Waals surface area contributed by atoms with Crippen LogP contribution in [0.3, 0.4) is 0 Å². The number of hydrogen-bond acceptors (Lipinski definition) is 3. The number of amides is 1. The normalized spacial score (nSPS) is 21.2. The van der Waals surface area contributed by atoms with E-state index in [0.29, 0.717) is 31.8 Å². The smallest absolute Gasteiger partial charge is 0.251 e. The maximum atomic E-state index is 13.4. The van der Waals surface area contributed by atoms with Crippen LogP contribution in [0.15, 0.2) is 23.2 Å². The number of halogens is 1. The monoisotopic (exact) mass is 362 g/mol. The molecule has 1 atom stereocenters. The average Bonchev–Trinajstić information content (AvgIpc) is 3.20. The van der Waals surface area contributed by atoms with Crippen LogP contribution in [0.1, 0.15) is 24.0 Å². The lowest BCUT2D eigenvalue weighted by Gasteiger charge is -2.37. The highest BCUT2D eigenvalue weighted by molar-refractivity contribution is 5.82. The summed E-state index contributed by atoms with van der Waals surface area (Å²) < 4.78 is 18.9. The highest BCUT2D eigenvalue weighted by Crippen LogP contribution is 2.16. The zero-order chi connectivity index (χ0) is 18.5. The second kappa shape index (κ2) is 8.49. The molecule has 6 nitrogen and oxygen atoms in total. The molecule has 2 fully saturated rings. The first-order chi connectivity index (χ1) is 12.6. The second-order valence-electron chi connectivity index (χ2n) is 6.80. The Morgan fingerprint density at radius 2 is 2.04 bits per heavy atom. The Balaban J connectivity index is 1.50. The van der Waals surface area contributed by atoms with Gasteiger partial charge in [-0.05, 0) is 37.0 Å². The van der Waals surface area contributed by atoms with E-state index in [4.69, 9.17) is 4.74 Å². The Hall–Kier alpha value is -2.15. The van der Waals surface area contributed by atoms with Crippen molar-refractivity contribution >= 4 is 11.9 Å². The van der Waals surface area contributed by atoms with E-state index in [-0.39, 0.29) is 17.8 Å². The molecule has 0 saturated carbocycles. The summed E-state index contributed by atoms with van der Waals surface area (Å²) in [5, 5.41) is 3.33. The van der Waals surface area contributed by atoms with Crippen LogP contribution in [-0.4, -0.2) is 67.6 Å². The molecule has 1 aromatic carbocycles. The Labute approximate surface area is 154 Å². The van der Waals surface area contributed by atoms with Gasteiger partial charge in [0.25, 0.3) is 5.91 Å². The average molecular weight is 362 g/mol. The molecule has 1 amide bonds. The van der Waals surface area contributed by atoms with Crippen molar-refractivity contribution in [3.63, 3.8) is 0 Å². The lowest BCUT2D eigenvalue weighted by molar-refractivity contribution is -0.142. The molecule has 2 heterocycles. The van der Waals surface area contributed by atoms with Gasteiger partial charge in [-0.2, -0.15) is 0 Å². The maximum Gasteiger partial charge on any atom is 0.251 e. The molecule has 2 aliphatic rings. The van der Waals surface area contributed by atoms with E-state index < -0.39 is 0 Å². The number of hydrogen-bond donors (Lipinski definition) is 1. The number of ether oxygens (including phenoxy) is 1. The molecule has 1 aromatic rings. The Morgan fingerprint density at radius 1 is 1.31 bits per heavy atom. The van der Waals surface area contributed by atoms with Crippen LogP contribution < -0.4 is 5.32 Å². The lowest BCUT2D eigenvalue weighted by Crippen LogP contribution is -2.55. The van der Waals surface area contributed by atoms with Gasteiger partial charge in [0.2, 0.25) is 0 Å². The van der Waals surface area contributed by atoms with Crippen molar-refractivity contribution < 1.29 is 13.9 Å². The molecule has 0 spiro atoms. The summed E-state index contributed by atoms with van der Waals surface area (Å²) in [5.74, 6) is 0.730. The van der Waals surface area contributed by atoms with Crippen molar-refractivity contribution in [3.8, 4) is 0 Å². The second-order valence-corrected chi connectivity index (χ2v) is 6.80. The van der Waals surface area contributed by atoms with Crippen molar-refractivity contribution in [2.75, 3.05) is 39.8 Å². The Bertz CT molecular complexity index is 666. The minimum Gasteiger partial charge on any atom is -0.368 e. The van der Waals surface area contributed by atoms with Crippen LogP contribution in [0.4, 0.5) is 4.39 Å². The number of guanidine groups is 1. The number of nitrogens with zero attached hydrogens (tertiary/aromatic N) is 3. The summed E-state index contributed by atoms with van der Waals surface area (Å²) in [6.45, 7) is 5.86. The van der Waals surface area contributed by atoms with Crippen molar-refractivity contribution in [1.82, 2.24) is 15.1 Å².